The maximum atomic E-state index is 13.3. The number of hydrogen-bond acceptors (Lipinski definition) is 5. The van der Waals surface area contributed by atoms with Crippen LogP contribution in [-0.4, -0.2) is 18.1 Å². The lowest BCUT2D eigenvalue weighted by Gasteiger charge is -2.36. The predicted molar refractivity (Wildman–Crippen MR) is 103 cm³/mol. The quantitative estimate of drug-likeness (QED) is 0.724. The first kappa shape index (κ1) is 17.3. The number of anilines is 1. The van der Waals surface area contributed by atoms with Gasteiger partial charge in [-0.1, -0.05) is 35.8 Å². The molecule has 5 nitrogen and oxygen atoms in total. The Morgan fingerprint density at radius 3 is 2.62 bits per heavy atom. The molecular formula is C20H17BrNO4-. The number of carbonyl (C=O) groups is 1. The summed E-state index contributed by atoms with van der Waals surface area (Å²) < 4.78 is 6.23. The van der Waals surface area contributed by atoms with Gasteiger partial charge in [-0.3, -0.25) is 10.0 Å². The second-order valence-electron chi connectivity index (χ2n) is 7.13. The second-order valence-corrected chi connectivity index (χ2v) is 8.04. The maximum Gasteiger partial charge on any atom is 0.194 e. The van der Waals surface area contributed by atoms with E-state index in [9.17, 15) is 15.2 Å². The summed E-state index contributed by atoms with van der Waals surface area (Å²) in [5.74, 6) is 0.116. The Morgan fingerprint density at radius 2 is 1.96 bits per heavy atom. The van der Waals surface area contributed by atoms with E-state index in [1.807, 2.05) is 18.2 Å². The summed E-state index contributed by atoms with van der Waals surface area (Å²) in [6, 6.07) is 9.03. The molecule has 26 heavy (non-hydrogen) atoms. The molecule has 0 aromatic heterocycles. The average molecular weight is 415 g/mol. The van der Waals surface area contributed by atoms with Crippen molar-refractivity contribution in [3.8, 4) is 5.75 Å². The number of carbonyl (C=O) groups excluding carboxylic acids is 1. The van der Waals surface area contributed by atoms with Crippen LogP contribution in [0.25, 0.3) is 5.57 Å². The number of halogens is 1. The number of methoxy groups -OCH3 is 1. The summed E-state index contributed by atoms with van der Waals surface area (Å²) in [7, 11) is 1.43. The molecule has 0 unspecified atom stereocenters. The van der Waals surface area contributed by atoms with Crippen molar-refractivity contribution < 1.29 is 14.7 Å². The summed E-state index contributed by atoms with van der Waals surface area (Å²) in [6.45, 7) is 4.14. The van der Waals surface area contributed by atoms with E-state index in [-0.39, 0.29) is 22.4 Å². The molecule has 0 spiro atoms. The first-order valence-electron chi connectivity index (χ1n) is 8.21. The van der Waals surface area contributed by atoms with Gasteiger partial charge in [0.25, 0.3) is 0 Å². The molecule has 1 N–H and O–H groups in total. The van der Waals surface area contributed by atoms with E-state index >= 15 is 0 Å². The fourth-order valence-corrected chi connectivity index (χ4v) is 4.48. The van der Waals surface area contributed by atoms with Crippen LogP contribution in [0.15, 0.2) is 40.4 Å². The monoisotopic (exact) mass is 414 g/mol. The van der Waals surface area contributed by atoms with Gasteiger partial charge in [-0.05, 0) is 52.9 Å². The highest BCUT2D eigenvalue weighted by atomic mass is 79.9. The molecule has 2 aromatic rings. The minimum atomic E-state index is -0.404. The van der Waals surface area contributed by atoms with Gasteiger partial charge < -0.3 is 15.2 Å². The number of Topliss-reactive ketones (excluding diaryl/α,β-unsaturated/α-hetero) is 1. The number of allylic oxidation sites excluding steroid dienone is 2. The lowest BCUT2D eigenvalue weighted by Crippen LogP contribution is -2.30. The van der Waals surface area contributed by atoms with Crippen molar-refractivity contribution in [1.82, 2.24) is 0 Å². The average Bonchev–Trinajstić information content (AvgIpc) is 2.98. The van der Waals surface area contributed by atoms with Gasteiger partial charge in [0.15, 0.2) is 5.78 Å². The van der Waals surface area contributed by atoms with E-state index in [4.69, 9.17) is 4.74 Å². The summed E-state index contributed by atoms with van der Waals surface area (Å²) in [5, 5.41) is 20.6. The Labute approximate surface area is 159 Å². The van der Waals surface area contributed by atoms with Crippen LogP contribution in [0.3, 0.4) is 0 Å². The third-order valence-corrected chi connectivity index (χ3v) is 5.92. The molecule has 134 valence electrons. The Kier molecular flexibility index (Phi) is 3.77. The summed E-state index contributed by atoms with van der Waals surface area (Å²) in [6.07, 6.45) is 0.708. The van der Waals surface area contributed by atoms with Gasteiger partial charge in [0, 0.05) is 21.0 Å². The Morgan fingerprint density at radius 1 is 1.23 bits per heavy atom. The van der Waals surface area contributed by atoms with Crippen LogP contribution >= 0.6 is 15.9 Å². The zero-order valence-electron chi connectivity index (χ0n) is 14.6. The number of ketones is 1. The van der Waals surface area contributed by atoms with Gasteiger partial charge in [-0.25, -0.2) is 0 Å². The fourth-order valence-electron chi connectivity index (χ4n) is 4.07. The van der Waals surface area contributed by atoms with Crippen molar-refractivity contribution in [2.75, 3.05) is 12.3 Å². The molecule has 6 heteroatoms. The normalized spacial score (nSPS) is 16.9. The van der Waals surface area contributed by atoms with E-state index in [0.717, 1.165) is 26.7 Å². The second kappa shape index (κ2) is 5.67. The first-order chi connectivity index (χ1) is 12.3. The van der Waals surface area contributed by atoms with Crippen LogP contribution in [0, 0.1) is 5.21 Å². The highest BCUT2D eigenvalue weighted by Crippen LogP contribution is 2.51. The van der Waals surface area contributed by atoms with Gasteiger partial charge in [0.05, 0.1) is 12.8 Å². The van der Waals surface area contributed by atoms with Crippen molar-refractivity contribution in [3.63, 3.8) is 0 Å². The topological polar surface area (TPSA) is 72.8 Å². The molecule has 0 saturated carbocycles. The van der Waals surface area contributed by atoms with Crippen molar-refractivity contribution in [3.05, 3.63) is 67.8 Å². The molecule has 0 saturated heterocycles. The lowest BCUT2D eigenvalue weighted by molar-refractivity contribution is 0.105. The highest BCUT2D eigenvalue weighted by molar-refractivity contribution is 9.10. The third-order valence-electron chi connectivity index (χ3n) is 5.43. The number of hydrogen-bond donors (Lipinski definition) is 1. The van der Waals surface area contributed by atoms with Crippen LogP contribution in [0.1, 0.15) is 40.9 Å². The van der Waals surface area contributed by atoms with Gasteiger partial charge >= 0.3 is 0 Å². The van der Waals surface area contributed by atoms with Gasteiger partial charge in [0.1, 0.15) is 5.75 Å². The highest BCUT2D eigenvalue weighted by Gasteiger charge is 2.43. The maximum absolute atomic E-state index is 13.3. The molecular weight excluding hydrogens is 398 g/mol. The zero-order valence-corrected chi connectivity index (χ0v) is 16.2. The number of ether oxygens (including phenoxy) is 1. The summed E-state index contributed by atoms with van der Waals surface area (Å²) >= 11 is 3.49. The van der Waals surface area contributed by atoms with E-state index in [1.165, 1.54) is 13.2 Å². The van der Waals surface area contributed by atoms with Crippen LogP contribution in [0.2, 0.25) is 0 Å². The molecule has 2 aliphatic carbocycles. The molecule has 0 bridgehead atoms. The number of nitrogens with zero attached hydrogens (tertiary/aromatic N) is 1. The van der Waals surface area contributed by atoms with Gasteiger partial charge in [0.2, 0.25) is 0 Å². The predicted octanol–water partition coefficient (Wildman–Crippen LogP) is 4.63. The number of rotatable bonds is 2. The van der Waals surface area contributed by atoms with Crippen LogP contribution < -0.4 is 9.96 Å². The van der Waals surface area contributed by atoms with E-state index < -0.39 is 5.41 Å². The lowest BCUT2D eigenvalue weighted by atomic mass is 9.68. The Balaban J connectivity index is 1.97. The van der Waals surface area contributed by atoms with Crippen molar-refractivity contribution in [2.24, 2.45) is 0 Å². The van der Waals surface area contributed by atoms with Crippen molar-refractivity contribution >= 4 is 33.0 Å². The molecule has 0 amide bonds. The van der Waals surface area contributed by atoms with Crippen molar-refractivity contribution in [2.45, 2.75) is 25.7 Å². The summed E-state index contributed by atoms with van der Waals surface area (Å²) in [4.78, 5) is 13.3. The van der Waals surface area contributed by atoms with Gasteiger partial charge in [-0.2, -0.15) is 0 Å². The van der Waals surface area contributed by atoms with E-state index in [2.05, 4.69) is 29.8 Å². The number of benzene rings is 2. The number of fused-ring (bicyclic) bond motifs is 3. The summed E-state index contributed by atoms with van der Waals surface area (Å²) in [5.41, 5.74) is 4.57. The first-order valence-corrected chi connectivity index (χ1v) is 9.00. The smallest absolute Gasteiger partial charge is 0.194 e. The molecule has 0 fully saturated rings. The largest absolute Gasteiger partial charge is 0.733 e. The third kappa shape index (κ3) is 2.26. The SMILES string of the molecule is COc1cc2c(cc1N([O-])O)C(=O)C1=C(Cc3cc(Br)ccc31)C2(C)C. The minimum Gasteiger partial charge on any atom is -0.733 e. The minimum absolute atomic E-state index is 0.0755. The molecule has 2 aliphatic rings. The molecule has 0 atom stereocenters. The molecule has 0 radical (unpaired) electrons. The van der Waals surface area contributed by atoms with Crippen LogP contribution in [0.5, 0.6) is 5.75 Å². The fraction of sp³-hybridized carbons (Fsp3) is 0.250. The molecule has 4 rings (SSSR count). The van der Waals surface area contributed by atoms with Crippen molar-refractivity contribution in [1.29, 1.82) is 0 Å². The van der Waals surface area contributed by atoms with E-state index in [1.54, 1.807) is 6.07 Å². The van der Waals surface area contributed by atoms with E-state index in [0.29, 0.717) is 17.6 Å². The van der Waals surface area contributed by atoms with Gasteiger partial charge in [-0.15, -0.1) is 0 Å². The standard InChI is InChI=1S/C20H17BrNO4/c1-20(2)14-9-17(26-3)16(22(24)25)8-13(14)19(23)18-12-5-4-11(21)6-10(12)7-15(18)20/h4-6,8-9,24H,7H2,1-3H3/q-1. The molecule has 2 aromatic carbocycles. The van der Waals surface area contributed by atoms with Crippen LogP contribution in [-0.2, 0) is 11.8 Å². The molecule has 0 aliphatic heterocycles. The molecule has 0 heterocycles. The Hall–Kier alpha value is -2.15. The zero-order chi connectivity index (χ0) is 18.8. The Bertz CT molecular complexity index is 992. The van der Waals surface area contributed by atoms with Crippen LogP contribution in [0.4, 0.5) is 5.69 Å².